The number of amides is 1. The zero-order valence-corrected chi connectivity index (χ0v) is 15.5. The molecule has 0 bridgehead atoms. The fourth-order valence-corrected chi connectivity index (χ4v) is 3.05. The van der Waals surface area contributed by atoms with Gasteiger partial charge in [-0.2, -0.15) is 0 Å². The Labute approximate surface area is 153 Å². The van der Waals surface area contributed by atoms with Crippen molar-refractivity contribution in [2.45, 2.75) is 13.5 Å². The Morgan fingerprint density at radius 2 is 2.04 bits per heavy atom. The van der Waals surface area contributed by atoms with Gasteiger partial charge in [0.25, 0.3) is 5.91 Å². The van der Waals surface area contributed by atoms with E-state index in [4.69, 9.17) is 9.47 Å². The molecule has 0 radical (unpaired) electrons. The number of fused-ring (bicyclic) bond motifs is 1. The SMILES string of the molecule is COc1ccccc1OCC(=O)NCc1cn2cc(Br)cc(C)c2n1. The molecule has 25 heavy (non-hydrogen) atoms. The lowest BCUT2D eigenvalue weighted by molar-refractivity contribution is -0.123. The van der Waals surface area contributed by atoms with Crippen LogP contribution >= 0.6 is 15.9 Å². The Hall–Kier alpha value is -2.54. The number of aryl methyl sites for hydroxylation is 1. The summed E-state index contributed by atoms with van der Waals surface area (Å²) in [5, 5.41) is 2.81. The Morgan fingerprint density at radius 1 is 1.28 bits per heavy atom. The Morgan fingerprint density at radius 3 is 2.80 bits per heavy atom. The topological polar surface area (TPSA) is 64.9 Å². The molecule has 0 unspecified atom stereocenters. The van der Waals surface area contributed by atoms with Crippen molar-refractivity contribution in [2.75, 3.05) is 13.7 Å². The highest BCUT2D eigenvalue weighted by molar-refractivity contribution is 9.10. The lowest BCUT2D eigenvalue weighted by Crippen LogP contribution is -2.28. The third kappa shape index (κ3) is 4.11. The van der Waals surface area contributed by atoms with Gasteiger partial charge in [-0.05, 0) is 46.6 Å². The van der Waals surface area contributed by atoms with Crippen LogP contribution in [0, 0.1) is 6.92 Å². The van der Waals surface area contributed by atoms with Crippen LogP contribution in [-0.4, -0.2) is 29.0 Å². The molecule has 130 valence electrons. The molecule has 0 atom stereocenters. The van der Waals surface area contributed by atoms with Gasteiger partial charge in [-0.1, -0.05) is 12.1 Å². The number of pyridine rings is 1. The Balaban J connectivity index is 1.58. The fourth-order valence-electron chi connectivity index (χ4n) is 2.48. The van der Waals surface area contributed by atoms with Gasteiger partial charge in [0.2, 0.25) is 0 Å². The average molecular weight is 404 g/mol. The zero-order chi connectivity index (χ0) is 17.8. The van der Waals surface area contributed by atoms with Crippen molar-refractivity contribution in [2.24, 2.45) is 0 Å². The van der Waals surface area contributed by atoms with Crippen molar-refractivity contribution in [1.82, 2.24) is 14.7 Å². The van der Waals surface area contributed by atoms with E-state index in [0.717, 1.165) is 21.4 Å². The van der Waals surface area contributed by atoms with Crippen molar-refractivity contribution < 1.29 is 14.3 Å². The summed E-state index contributed by atoms with van der Waals surface area (Å²) in [7, 11) is 1.56. The quantitative estimate of drug-likeness (QED) is 0.686. The number of aromatic nitrogens is 2. The summed E-state index contributed by atoms with van der Waals surface area (Å²) in [6.07, 6.45) is 3.83. The van der Waals surface area contributed by atoms with Crippen molar-refractivity contribution in [1.29, 1.82) is 0 Å². The maximum absolute atomic E-state index is 12.0. The molecule has 0 saturated carbocycles. The summed E-state index contributed by atoms with van der Waals surface area (Å²) >= 11 is 3.46. The van der Waals surface area contributed by atoms with Crippen molar-refractivity contribution in [3.8, 4) is 11.5 Å². The van der Waals surface area contributed by atoms with Gasteiger partial charge in [0, 0.05) is 16.9 Å². The van der Waals surface area contributed by atoms with Crippen LogP contribution in [0.2, 0.25) is 0 Å². The monoisotopic (exact) mass is 403 g/mol. The summed E-state index contributed by atoms with van der Waals surface area (Å²) in [5.41, 5.74) is 2.72. The number of imidazole rings is 1. The predicted molar refractivity (Wildman–Crippen MR) is 98.0 cm³/mol. The normalized spacial score (nSPS) is 10.7. The molecule has 1 N–H and O–H groups in total. The number of halogens is 1. The highest BCUT2D eigenvalue weighted by Gasteiger charge is 2.09. The molecule has 2 aromatic heterocycles. The first kappa shape index (κ1) is 17.3. The van der Waals surface area contributed by atoms with Crippen LogP contribution in [0.25, 0.3) is 5.65 Å². The lowest BCUT2D eigenvalue weighted by atomic mass is 10.3. The van der Waals surface area contributed by atoms with E-state index in [0.29, 0.717) is 18.0 Å². The van der Waals surface area contributed by atoms with Crippen molar-refractivity contribution in [3.63, 3.8) is 0 Å². The molecule has 0 saturated heterocycles. The first-order valence-corrected chi connectivity index (χ1v) is 8.52. The molecule has 3 aromatic rings. The molecular weight excluding hydrogens is 386 g/mol. The van der Waals surface area contributed by atoms with Crippen LogP contribution < -0.4 is 14.8 Å². The van der Waals surface area contributed by atoms with Gasteiger partial charge in [0.15, 0.2) is 18.1 Å². The second kappa shape index (κ2) is 7.57. The minimum Gasteiger partial charge on any atom is -0.493 e. The average Bonchev–Trinajstić information content (AvgIpc) is 3.01. The summed E-state index contributed by atoms with van der Waals surface area (Å²) in [4.78, 5) is 16.5. The molecule has 0 spiro atoms. The van der Waals surface area contributed by atoms with Gasteiger partial charge < -0.3 is 19.2 Å². The minimum atomic E-state index is -0.221. The molecule has 1 aromatic carbocycles. The van der Waals surface area contributed by atoms with E-state index in [1.807, 2.05) is 41.9 Å². The van der Waals surface area contributed by atoms with E-state index in [9.17, 15) is 4.79 Å². The van der Waals surface area contributed by atoms with Gasteiger partial charge in [-0.25, -0.2) is 4.98 Å². The number of para-hydroxylation sites is 2. The second-order valence-corrected chi connectivity index (χ2v) is 6.44. The number of carbonyl (C=O) groups is 1. The number of nitrogens with one attached hydrogen (secondary N) is 1. The third-order valence-corrected chi connectivity index (χ3v) is 4.08. The van der Waals surface area contributed by atoms with E-state index < -0.39 is 0 Å². The van der Waals surface area contributed by atoms with E-state index >= 15 is 0 Å². The Kier molecular flexibility index (Phi) is 5.23. The van der Waals surface area contributed by atoms with E-state index in [1.165, 1.54) is 0 Å². The maximum atomic E-state index is 12.0. The number of carbonyl (C=O) groups excluding carboxylic acids is 1. The van der Waals surface area contributed by atoms with Gasteiger partial charge >= 0.3 is 0 Å². The molecule has 0 fully saturated rings. The molecule has 0 aliphatic rings. The Bertz CT molecular complexity index is 908. The van der Waals surface area contributed by atoms with Gasteiger partial charge in [-0.15, -0.1) is 0 Å². The first-order valence-electron chi connectivity index (χ1n) is 7.73. The molecule has 1 amide bonds. The van der Waals surface area contributed by atoms with Crippen LogP contribution in [0.15, 0.2) is 47.2 Å². The number of rotatable bonds is 6. The van der Waals surface area contributed by atoms with E-state index in [2.05, 4.69) is 26.2 Å². The van der Waals surface area contributed by atoms with E-state index in [1.54, 1.807) is 19.2 Å². The van der Waals surface area contributed by atoms with Crippen LogP contribution in [0.4, 0.5) is 0 Å². The lowest BCUT2D eigenvalue weighted by Gasteiger charge is -2.10. The summed E-state index contributed by atoms with van der Waals surface area (Å²) < 4.78 is 13.6. The fraction of sp³-hybridized carbons (Fsp3) is 0.222. The number of benzene rings is 1. The molecule has 0 aliphatic heterocycles. The predicted octanol–water partition coefficient (Wildman–Crippen LogP) is 3.11. The molecule has 3 rings (SSSR count). The number of hydrogen-bond acceptors (Lipinski definition) is 4. The standard InChI is InChI=1S/C18H18BrN3O3/c1-12-7-13(19)9-22-10-14(21-18(12)22)8-20-17(23)11-25-16-6-4-3-5-15(16)24-2/h3-7,9-10H,8,11H2,1-2H3,(H,20,23). The number of hydrogen-bond donors (Lipinski definition) is 1. The highest BCUT2D eigenvalue weighted by Crippen LogP contribution is 2.25. The molecular formula is C18H18BrN3O3. The number of nitrogens with zero attached hydrogens (tertiary/aromatic N) is 2. The van der Waals surface area contributed by atoms with Crippen LogP contribution in [0.1, 0.15) is 11.3 Å². The minimum absolute atomic E-state index is 0.0850. The summed E-state index contributed by atoms with van der Waals surface area (Å²) in [6.45, 7) is 2.25. The first-order chi connectivity index (χ1) is 12.1. The number of ether oxygens (including phenoxy) is 2. The maximum Gasteiger partial charge on any atom is 0.258 e. The molecule has 0 aliphatic carbocycles. The molecule has 2 heterocycles. The third-order valence-electron chi connectivity index (χ3n) is 3.65. The molecule has 6 nitrogen and oxygen atoms in total. The summed E-state index contributed by atoms with van der Waals surface area (Å²) in [6, 6.07) is 9.22. The molecule has 7 heteroatoms. The van der Waals surface area contributed by atoms with Gasteiger partial charge in [0.1, 0.15) is 5.65 Å². The largest absolute Gasteiger partial charge is 0.493 e. The number of methoxy groups -OCH3 is 1. The zero-order valence-electron chi connectivity index (χ0n) is 14.0. The van der Waals surface area contributed by atoms with Crippen LogP contribution in [0.5, 0.6) is 11.5 Å². The van der Waals surface area contributed by atoms with Gasteiger partial charge in [0.05, 0.1) is 19.3 Å². The van der Waals surface area contributed by atoms with Crippen LogP contribution in [0.3, 0.4) is 0 Å². The van der Waals surface area contributed by atoms with E-state index in [-0.39, 0.29) is 12.5 Å². The highest BCUT2D eigenvalue weighted by atomic mass is 79.9. The smallest absolute Gasteiger partial charge is 0.258 e. The van der Waals surface area contributed by atoms with Crippen LogP contribution in [-0.2, 0) is 11.3 Å². The van der Waals surface area contributed by atoms with Crippen molar-refractivity contribution >= 4 is 27.5 Å². The van der Waals surface area contributed by atoms with Gasteiger partial charge in [-0.3, -0.25) is 4.79 Å². The summed E-state index contributed by atoms with van der Waals surface area (Å²) in [5.74, 6) is 0.908. The van der Waals surface area contributed by atoms with Crippen molar-refractivity contribution in [3.05, 3.63) is 58.5 Å². The second-order valence-electron chi connectivity index (χ2n) is 5.52.